The number of β-amino-alcohol motifs (C(OH)–C–C–N with tert-alkyl or cyclic N) is 1. The molecule has 2 rings (SSSR count). The summed E-state index contributed by atoms with van der Waals surface area (Å²) in [4.78, 5) is 29.8. The summed E-state index contributed by atoms with van der Waals surface area (Å²) in [7, 11) is 2.97. The number of aliphatic hydroxyl groups is 1. The molecule has 2 amide bonds. The summed E-state index contributed by atoms with van der Waals surface area (Å²) < 4.78 is 5.15. The largest absolute Gasteiger partial charge is 0.480 e. The molecule has 7 nitrogen and oxygen atoms in total. The Balaban J connectivity index is 2.22. The van der Waals surface area contributed by atoms with Crippen LogP contribution in [-0.4, -0.2) is 60.2 Å². The van der Waals surface area contributed by atoms with E-state index >= 15 is 0 Å². The first-order chi connectivity index (χ1) is 10.9. The fourth-order valence-corrected chi connectivity index (χ4v) is 2.83. The van der Waals surface area contributed by atoms with E-state index in [1.165, 1.54) is 18.2 Å². The highest BCUT2D eigenvalue weighted by molar-refractivity contribution is 6.31. The van der Waals surface area contributed by atoms with Crippen LogP contribution in [0.5, 0.6) is 5.88 Å². The van der Waals surface area contributed by atoms with E-state index in [0.29, 0.717) is 17.1 Å². The molecule has 8 heteroatoms. The molecule has 0 aliphatic carbocycles. The number of nitrogens with one attached hydrogen (secondary N) is 1. The topological polar surface area (TPSA) is 91.8 Å². The van der Waals surface area contributed by atoms with Crippen molar-refractivity contribution in [2.24, 2.45) is 5.92 Å². The molecular weight excluding hydrogens is 322 g/mol. The van der Waals surface area contributed by atoms with E-state index in [9.17, 15) is 14.7 Å². The summed E-state index contributed by atoms with van der Waals surface area (Å²) in [5, 5.41) is 13.0. The molecule has 1 aromatic rings. The summed E-state index contributed by atoms with van der Waals surface area (Å²) in [6.45, 7) is 2.17. The van der Waals surface area contributed by atoms with Crippen molar-refractivity contribution in [1.29, 1.82) is 0 Å². The first kappa shape index (κ1) is 17.5. The van der Waals surface area contributed by atoms with Gasteiger partial charge in [0.2, 0.25) is 11.8 Å². The number of aromatic nitrogens is 1. The van der Waals surface area contributed by atoms with E-state index in [1.807, 2.05) is 0 Å². The number of hydrogen-bond donors (Lipinski definition) is 2. The van der Waals surface area contributed by atoms with Crippen molar-refractivity contribution in [3.05, 3.63) is 22.3 Å². The minimum Gasteiger partial charge on any atom is -0.480 e. The molecule has 0 bridgehead atoms. The van der Waals surface area contributed by atoms with Crippen LogP contribution in [0, 0.1) is 12.8 Å². The maximum Gasteiger partial charge on any atom is 0.259 e. The quantitative estimate of drug-likeness (QED) is 0.837. The molecule has 2 N–H and O–H groups in total. The maximum atomic E-state index is 12.8. The monoisotopic (exact) mass is 341 g/mol. The van der Waals surface area contributed by atoms with Crippen LogP contribution in [0.2, 0.25) is 5.02 Å². The van der Waals surface area contributed by atoms with E-state index in [4.69, 9.17) is 16.3 Å². The normalized spacial score (nSPS) is 20.5. The number of ether oxygens (including phenoxy) is 1. The van der Waals surface area contributed by atoms with Crippen LogP contribution in [0.4, 0.5) is 0 Å². The predicted octanol–water partition coefficient (Wildman–Crippen LogP) is 0.621. The number of halogens is 1. The van der Waals surface area contributed by atoms with Gasteiger partial charge in [0.15, 0.2) is 0 Å². The van der Waals surface area contributed by atoms with Crippen LogP contribution in [-0.2, 0) is 4.79 Å². The van der Waals surface area contributed by atoms with Gasteiger partial charge in [-0.2, -0.15) is 0 Å². The van der Waals surface area contributed by atoms with Crippen molar-refractivity contribution in [1.82, 2.24) is 15.2 Å². The molecule has 2 heterocycles. The van der Waals surface area contributed by atoms with Crippen molar-refractivity contribution in [3.8, 4) is 5.88 Å². The second-order valence-corrected chi connectivity index (χ2v) is 5.94. The number of likely N-dealkylation sites (tertiary alicyclic amines) is 1. The van der Waals surface area contributed by atoms with Crippen LogP contribution < -0.4 is 10.1 Å². The number of methoxy groups -OCH3 is 1. The highest BCUT2D eigenvalue weighted by Gasteiger charge is 2.37. The molecule has 1 saturated heterocycles. The fourth-order valence-electron chi connectivity index (χ4n) is 2.68. The number of pyridine rings is 1. The van der Waals surface area contributed by atoms with E-state index in [-0.39, 0.29) is 42.1 Å². The Morgan fingerprint density at radius 2 is 2.22 bits per heavy atom. The molecular formula is C15H20ClN3O4. The standard InChI is InChI=1S/C15H20ClN3O4/c1-8-10(16)5-18-14(23-3)13(8)15(22)19-6-9(11(20)7-19)4-12(21)17-2/h5,9,11,20H,4,6-7H2,1-3H3,(H,17,21)/t9-,11-/m1/s1. The van der Waals surface area contributed by atoms with Crippen molar-refractivity contribution in [2.45, 2.75) is 19.4 Å². The number of carbonyl (C=O) groups is 2. The number of nitrogens with zero attached hydrogens (tertiary/aromatic N) is 2. The number of aliphatic hydroxyl groups excluding tert-OH is 1. The lowest BCUT2D eigenvalue weighted by atomic mass is 10.0. The third kappa shape index (κ3) is 3.56. The average Bonchev–Trinajstić information content (AvgIpc) is 2.90. The van der Waals surface area contributed by atoms with Gasteiger partial charge in [-0.1, -0.05) is 11.6 Å². The maximum absolute atomic E-state index is 12.8. The van der Waals surface area contributed by atoms with Gasteiger partial charge in [0.25, 0.3) is 5.91 Å². The van der Waals surface area contributed by atoms with Crippen molar-refractivity contribution < 1.29 is 19.4 Å². The first-order valence-corrected chi connectivity index (χ1v) is 7.63. The van der Waals surface area contributed by atoms with E-state index in [2.05, 4.69) is 10.3 Å². The van der Waals surface area contributed by atoms with Gasteiger partial charge in [0, 0.05) is 38.7 Å². The van der Waals surface area contributed by atoms with Crippen LogP contribution in [0.1, 0.15) is 22.3 Å². The van der Waals surface area contributed by atoms with Crippen molar-refractivity contribution in [2.75, 3.05) is 27.2 Å². The van der Waals surface area contributed by atoms with Gasteiger partial charge in [-0.3, -0.25) is 9.59 Å². The third-order valence-electron chi connectivity index (χ3n) is 4.07. The molecule has 1 aliphatic rings. The molecule has 23 heavy (non-hydrogen) atoms. The van der Waals surface area contributed by atoms with Crippen LogP contribution in [0.25, 0.3) is 0 Å². The van der Waals surface area contributed by atoms with Crippen LogP contribution in [0.3, 0.4) is 0 Å². The van der Waals surface area contributed by atoms with E-state index < -0.39 is 6.10 Å². The molecule has 0 unspecified atom stereocenters. The summed E-state index contributed by atoms with van der Waals surface area (Å²) in [6, 6.07) is 0. The zero-order valence-corrected chi connectivity index (χ0v) is 14.1. The Kier molecular flexibility index (Phi) is 5.43. The summed E-state index contributed by atoms with van der Waals surface area (Å²) in [5.41, 5.74) is 0.862. The molecule has 0 aromatic carbocycles. The molecule has 1 fully saturated rings. The summed E-state index contributed by atoms with van der Waals surface area (Å²) in [6.07, 6.45) is 0.861. The van der Waals surface area contributed by atoms with Gasteiger partial charge in [0.1, 0.15) is 5.56 Å². The molecule has 0 saturated carbocycles. The second-order valence-electron chi connectivity index (χ2n) is 5.53. The Bertz CT molecular complexity index is 623. The predicted molar refractivity (Wildman–Crippen MR) is 84.6 cm³/mol. The Labute approximate surface area is 139 Å². The molecule has 1 aliphatic heterocycles. The van der Waals surface area contributed by atoms with E-state index in [0.717, 1.165) is 0 Å². The van der Waals surface area contributed by atoms with Crippen LogP contribution in [0.15, 0.2) is 6.20 Å². The lowest BCUT2D eigenvalue weighted by Crippen LogP contribution is -2.31. The lowest BCUT2D eigenvalue weighted by Gasteiger charge is -2.19. The zero-order valence-electron chi connectivity index (χ0n) is 13.3. The Hall–Kier alpha value is -1.86. The van der Waals surface area contributed by atoms with Crippen molar-refractivity contribution in [3.63, 3.8) is 0 Å². The van der Waals surface area contributed by atoms with E-state index in [1.54, 1.807) is 14.0 Å². The zero-order chi connectivity index (χ0) is 17.1. The van der Waals surface area contributed by atoms with Gasteiger partial charge in [0.05, 0.1) is 18.2 Å². The summed E-state index contributed by atoms with van der Waals surface area (Å²) >= 11 is 6.05. The average molecular weight is 342 g/mol. The Morgan fingerprint density at radius 3 is 2.83 bits per heavy atom. The number of carbonyl (C=O) groups excluding carboxylic acids is 2. The Morgan fingerprint density at radius 1 is 1.52 bits per heavy atom. The molecule has 0 radical (unpaired) electrons. The second kappa shape index (κ2) is 7.14. The molecule has 1 aromatic heterocycles. The SMILES string of the molecule is CNC(=O)C[C@@H]1CN(C(=O)c2c(OC)ncc(Cl)c2C)C[C@H]1O. The molecule has 126 valence electrons. The highest BCUT2D eigenvalue weighted by atomic mass is 35.5. The fraction of sp³-hybridized carbons (Fsp3) is 0.533. The van der Waals surface area contributed by atoms with Gasteiger partial charge in [-0.05, 0) is 12.5 Å². The number of hydrogen-bond acceptors (Lipinski definition) is 5. The van der Waals surface area contributed by atoms with Gasteiger partial charge in [-0.15, -0.1) is 0 Å². The number of amides is 2. The smallest absolute Gasteiger partial charge is 0.259 e. The minimum absolute atomic E-state index is 0.162. The third-order valence-corrected chi connectivity index (χ3v) is 4.45. The van der Waals surface area contributed by atoms with Gasteiger partial charge < -0.3 is 20.1 Å². The summed E-state index contributed by atoms with van der Waals surface area (Å²) in [5.74, 6) is -0.576. The minimum atomic E-state index is -0.741. The molecule has 0 spiro atoms. The lowest BCUT2D eigenvalue weighted by molar-refractivity contribution is -0.122. The van der Waals surface area contributed by atoms with Gasteiger partial charge in [-0.25, -0.2) is 4.98 Å². The highest BCUT2D eigenvalue weighted by Crippen LogP contribution is 2.29. The first-order valence-electron chi connectivity index (χ1n) is 7.26. The van der Waals surface area contributed by atoms with Crippen molar-refractivity contribution >= 4 is 23.4 Å². The van der Waals surface area contributed by atoms with Gasteiger partial charge >= 0.3 is 0 Å². The molecule has 2 atom stereocenters. The number of rotatable bonds is 4. The van der Waals surface area contributed by atoms with Crippen LogP contribution >= 0.6 is 11.6 Å².